The highest BCUT2D eigenvalue weighted by Gasteiger charge is 2.27. The molecule has 1 aliphatic rings. The fraction of sp³-hybridized carbons (Fsp3) is 0.259. The molecule has 0 saturated carbocycles. The average Bonchev–Trinajstić information content (AvgIpc) is 3.05. The molecule has 0 bridgehead atoms. The molecule has 3 aromatic rings. The first-order valence-electron chi connectivity index (χ1n) is 11.6. The number of amides is 1. The van der Waals surface area contributed by atoms with E-state index in [1.54, 1.807) is 18.7 Å². The molecule has 182 valence electrons. The number of benzene rings is 3. The van der Waals surface area contributed by atoms with Gasteiger partial charge >= 0.3 is 5.97 Å². The number of rotatable bonds is 7. The molecular formula is C27H28N2O5S. The van der Waals surface area contributed by atoms with Gasteiger partial charge in [-0.15, -0.1) is 0 Å². The number of aryl methyl sites for hydroxylation is 2. The van der Waals surface area contributed by atoms with Crippen molar-refractivity contribution in [3.8, 4) is 0 Å². The second-order valence-corrected chi connectivity index (χ2v) is 10.1. The van der Waals surface area contributed by atoms with Crippen molar-refractivity contribution in [2.45, 2.75) is 31.6 Å². The Morgan fingerprint density at radius 1 is 0.829 bits per heavy atom. The Hall–Kier alpha value is -3.49. The zero-order valence-electron chi connectivity index (χ0n) is 19.8. The quantitative estimate of drug-likeness (QED) is 0.458. The SMILES string of the molecule is CCN(CC)S(=O)(=O)c1ccc(C(=O)OCC(=O)N2c3ccccc3CCc3ccccc32)cc1. The summed E-state index contributed by atoms with van der Waals surface area (Å²) in [6, 6.07) is 21.0. The van der Waals surface area contributed by atoms with E-state index in [0.717, 1.165) is 35.3 Å². The van der Waals surface area contributed by atoms with Gasteiger partial charge in [0.1, 0.15) is 0 Å². The van der Waals surface area contributed by atoms with Gasteiger partial charge in [0.25, 0.3) is 5.91 Å². The van der Waals surface area contributed by atoms with Crippen LogP contribution in [0.5, 0.6) is 0 Å². The van der Waals surface area contributed by atoms with Gasteiger partial charge in [-0.05, 0) is 60.4 Å². The van der Waals surface area contributed by atoms with Crippen molar-refractivity contribution in [2.24, 2.45) is 0 Å². The van der Waals surface area contributed by atoms with Crippen molar-refractivity contribution in [3.05, 3.63) is 89.5 Å². The van der Waals surface area contributed by atoms with E-state index in [0.29, 0.717) is 13.1 Å². The second kappa shape index (κ2) is 10.4. The zero-order chi connectivity index (χ0) is 25.0. The molecule has 0 radical (unpaired) electrons. The van der Waals surface area contributed by atoms with Crippen LogP contribution in [-0.2, 0) is 32.4 Å². The number of esters is 1. The number of anilines is 2. The van der Waals surface area contributed by atoms with Crippen LogP contribution in [0.1, 0.15) is 35.3 Å². The Balaban J connectivity index is 1.51. The number of carbonyl (C=O) groups excluding carboxylic acids is 2. The molecule has 0 aromatic heterocycles. The van der Waals surface area contributed by atoms with Crippen LogP contribution in [0.3, 0.4) is 0 Å². The number of hydrogen-bond donors (Lipinski definition) is 0. The lowest BCUT2D eigenvalue weighted by molar-refractivity contribution is -0.120. The van der Waals surface area contributed by atoms with Crippen LogP contribution in [0.2, 0.25) is 0 Å². The molecule has 4 rings (SSSR count). The maximum atomic E-state index is 13.3. The van der Waals surface area contributed by atoms with E-state index in [1.807, 2.05) is 48.5 Å². The Morgan fingerprint density at radius 3 is 1.86 bits per heavy atom. The van der Waals surface area contributed by atoms with Crippen LogP contribution < -0.4 is 4.90 Å². The third-order valence-electron chi connectivity index (χ3n) is 6.14. The molecule has 8 heteroatoms. The minimum absolute atomic E-state index is 0.103. The van der Waals surface area contributed by atoms with Gasteiger partial charge in [0, 0.05) is 13.1 Å². The number of carbonyl (C=O) groups is 2. The average molecular weight is 493 g/mol. The summed E-state index contributed by atoms with van der Waals surface area (Å²) < 4.78 is 32.0. The Kier molecular flexibility index (Phi) is 7.33. The molecule has 0 aliphatic carbocycles. The third kappa shape index (κ3) is 4.99. The van der Waals surface area contributed by atoms with Crippen molar-refractivity contribution in [1.82, 2.24) is 4.31 Å². The van der Waals surface area contributed by atoms with Gasteiger partial charge in [-0.25, -0.2) is 13.2 Å². The van der Waals surface area contributed by atoms with Gasteiger partial charge in [-0.1, -0.05) is 50.2 Å². The number of para-hydroxylation sites is 2. The van der Waals surface area contributed by atoms with Gasteiger partial charge in [0.15, 0.2) is 6.61 Å². The van der Waals surface area contributed by atoms with Crippen molar-refractivity contribution in [1.29, 1.82) is 0 Å². The molecular weight excluding hydrogens is 464 g/mol. The van der Waals surface area contributed by atoms with E-state index >= 15 is 0 Å². The lowest BCUT2D eigenvalue weighted by Crippen LogP contribution is -2.31. The van der Waals surface area contributed by atoms with Crippen LogP contribution in [0.25, 0.3) is 0 Å². The van der Waals surface area contributed by atoms with E-state index in [-0.39, 0.29) is 16.4 Å². The normalized spacial score (nSPS) is 13.1. The second-order valence-electron chi connectivity index (χ2n) is 8.18. The number of sulfonamides is 1. The van der Waals surface area contributed by atoms with Crippen LogP contribution >= 0.6 is 0 Å². The van der Waals surface area contributed by atoms with Gasteiger partial charge in [0.2, 0.25) is 10.0 Å². The number of nitrogens with zero attached hydrogens (tertiary/aromatic N) is 2. The summed E-state index contributed by atoms with van der Waals surface area (Å²) in [6.07, 6.45) is 1.61. The number of fused-ring (bicyclic) bond motifs is 2. The number of ether oxygens (including phenoxy) is 1. The zero-order valence-corrected chi connectivity index (χ0v) is 20.6. The van der Waals surface area contributed by atoms with Gasteiger partial charge in [-0.3, -0.25) is 9.69 Å². The van der Waals surface area contributed by atoms with Crippen molar-refractivity contribution >= 4 is 33.3 Å². The van der Waals surface area contributed by atoms with E-state index in [1.165, 1.54) is 28.6 Å². The van der Waals surface area contributed by atoms with Crippen LogP contribution in [0.15, 0.2) is 77.7 Å². The van der Waals surface area contributed by atoms with E-state index in [2.05, 4.69) is 0 Å². The Bertz CT molecular complexity index is 1280. The first-order valence-corrected chi connectivity index (χ1v) is 13.1. The predicted octanol–water partition coefficient (Wildman–Crippen LogP) is 4.34. The summed E-state index contributed by atoms with van der Waals surface area (Å²) in [5, 5.41) is 0. The smallest absolute Gasteiger partial charge is 0.338 e. The molecule has 0 unspecified atom stereocenters. The molecule has 0 fully saturated rings. The molecule has 7 nitrogen and oxygen atoms in total. The summed E-state index contributed by atoms with van der Waals surface area (Å²) in [5.41, 5.74) is 3.84. The largest absolute Gasteiger partial charge is 0.452 e. The fourth-order valence-corrected chi connectivity index (χ4v) is 5.76. The summed E-state index contributed by atoms with van der Waals surface area (Å²) in [4.78, 5) is 27.7. The van der Waals surface area contributed by atoms with Crippen LogP contribution in [-0.4, -0.2) is 44.3 Å². The molecule has 35 heavy (non-hydrogen) atoms. The molecule has 1 amide bonds. The van der Waals surface area contributed by atoms with E-state index < -0.39 is 22.6 Å². The molecule has 0 spiro atoms. The predicted molar refractivity (Wildman–Crippen MR) is 134 cm³/mol. The minimum Gasteiger partial charge on any atom is -0.452 e. The lowest BCUT2D eigenvalue weighted by atomic mass is 10.0. The van der Waals surface area contributed by atoms with Crippen LogP contribution in [0.4, 0.5) is 11.4 Å². The minimum atomic E-state index is -3.62. The molecule has 0 atom stereocenters. The molecule has 3 aromatic carbocycles. The Labute approximate surface area is 206 Å². The monoisotopic (exact) mass is 492 g/mol. The van der Waals surface area contributed by atoms with Crippen LogP contribution in [0, 0.1) is 0 Å². The Morgan fingerprint density at radius 2 is 1.34 bits per heavy atom. The third-order valence-corrected chi connectivity index (χ3v) is 8.20. The standard InChI is InChI=1S/C27H28N2O5S/c1-3-28(4-2)35(32,33)23-17-15-22(16-18-23)27(31)34-19-26(30)29-24-11-7-5-9-20(24)13-14-21-10-6-8-12-25(21)29/h5-12,15-18H,3-4,13-14,19H2,1-2H3. The van der Waals surface area contributed by atoms with E-state index in [4.69, 9.17) is 4.74 Å². The highest BCUT2D eigenvalue weighted by molar-refractivity contribution is 7.89. The highest BCUT2D eigenvalue weighted by atomic mass is 32.2. The summed E-state index contributed by atoms with van der Waals surface area (Å²) >= 11 is 0. The summed E-state index contributed by atoms with van der Waals surface area (Å²) in [5.74, 6) is -1.05. The first kappa shape index (κ1) is 24.6. The lowest BCUT2D eigenvalue weighted by Gasteiger charge is -2.24. The van der Waals surface area contributed by atoms with E-state index in [9.17, 15) is 18.0 Å². The number of hydrogen-bond acceptors (Lipinski definition) is 5. The van der Waals surface area contributed by atoms with Crippen molar-refractivity contribution in [2.75, 3.05) is 24.6 Å². The van der Waals surface area contributed by atoms with Gasteiger partial charge in [-0.2, -0.15) is 4.31 Å². The fourth-order valence-electron chi connectivity index (χ4n) is 4.30. The maximum Gasteiger partial charge on any atom is 0.338 e. The molecule has 1 aliphatic heterocycles. The van der Waals surface area contributed by atoms with Gasteiger partial charge in [0.05, 0.1) is 21.8 Å². The van der Waals surface area contributed by atoms with Gasteiger partial charge < -0.3 is 4.74 Å². The van der Waals surface area contributed by atoms with Crippen molar-refractivity contribution in [3.63, 3.8) is 0 Å². The molecule has 1 heterocycles. The summed E-state index contributed by atoms with van der Waals surface area (Å²) in [7, 11) is -3.62. The van der Waals surface area contributed by atoms with Crippen molar-refractivity contribution < 1.29 is 22.7 Å². The highest BCUT2D eigenvalue weighted by Crippen LogP contribution is 2.36. The first-order chi connectivity index (χ1) is 16.9. The molecule has 0 N–H and O–H groups in total. The topological polar surface area (TPSA) is 84.0 Å². The molecule has 0 saturated heterocycles. The summed E-state index contributed by atoms with van der Waals surface area (Å²) in [6.45, 7) is 3.80. The maximum absolute atomic E-state index is 13.3.